The van der Waals surface area contributed by atoms with Crippen LogP contribution in [0.3, 0.4) is 0 Å². The van der Waals surface area contributed by atoms with Gasteiger partial charge in [-0.2, -0.15) is 0 Å². The number of ether oxygens (including phenoxy) is 3. The Morgan fingerprint density at radius 3 is 2.92 bits per heavy atom. The zero-order valence-corrected chi connectivity index (χ0v) is 7.50. The summed E-state index contributed by atoms with van der Waals surface area (Å²) in [6.45, 7) is 5.19. The van der Waals surface area contributed by atoms with Crippen LogP contribution in [0.1, 0.15) is 13.8 Å². The molecule has 1 aliphatic rings. The van der Waals surface area contributed by atoms with E-state index in [-0.39, 0.29) is 6.10 Å². The predicted molar refractivity (Wildman–Crippen MR) is 44.6 cm³/mol. The summed E-state index contributed by atoms with van der Waals surface area (Å²) in [5, 5.41) is 0. The maximum Gasteiger partial charge on any atom is 0.163 e. The quantitative estimate of drug-likeness (QED) is 0.463. The minimum Gasteiger partial charge on any atom is -0.366 e. The van der Waals surface area contributed by atoms with Crippen LogP contribution >= 0.6 is 0 Å². The molecule has 0 amide bonds. The van der Waals surface area contributed by atoms with Crippen LogP contribution in [0.5, 0.6) is 0 Å². The van der Waals surface area contributed by atoms with Crippen LogP contribution < -0.4 is 0 Å². The van der Waals surface area contributed by atoms with Gasteiger partial charge in [-0.1, -0.05) is 5.92 Å². The van der Waals surface area contributed by atoms with Crippen LogP contribution in [-0.4, -0.2) is 31.7 Å². The van der Waals surface area contributed by atoms with Crippen molar-refractivity contribution in [1.29, 1.82) is 0 Å². The summed E-state index contributed by atoms with van der Waals surface area (Å²) in [6.07, 6.45) is 5.04. The first kappa shape index (κ1) is 9.53. The molecule has 0 bridgehead atoms. The minimum atomic E-state index is -0.468. The van der Waals surface area contributed by atoms with Crippen molar-refractivity contribution in [2.24, 2.45) is 0 Å². The molecular weight excluding hydrogens is 156 g/mol. The Labute approximate surface area is 73.0 Å². The summed E-state index contributed by atoms with van der Waals surface area (Å²) < 4.78 is 15.9. The van der Waals surface area contributed by atoms with Gasteiger partial charge in [-0.25, -0.2) is 0 Å². The lowest BCUT2D eigenvalue weighted by Gasteiger charge is -2.16. The molecule has 0 unspecified atom stereocenters. The third kappa shape index (κ3) is 2.82. The molecule has 1 aliphatic heterocycles. The second-order valence-corrected chi connectivity index (χ2v) is 3.17. The summed E-state index contributed by atoms with van der Waals surface area (Å²) in [5.41, 5.74) is 0. The van der Waals surface area contributed by atoms with Crippen molar-refractivity contribution in [3.05, 3.63) is 0 Å². The van der Waals surface area contributed by atoms with Gasteiger partial charge in [0, 0.05) is 0 Å². The van der Waals surface area contributed by atoms with Crippen molar-refractivity contribution < 1.29 is 14.2 Å². The smallest absolute Gasteiger partial charge is 0.163 e. The third-order valence-corrected chi connectivity index (χ3v) is 1.56. The first-order valence-electron chi connectivity index (χ1n) is 3.97. The molecule has 1 rings (SSSR count). The normalized spacial score (nSPS) is 26.9. The third-order valence-electron chi connectivity index (χ3n) is 1.56. The predicted octanol–water partition coefficient (Wildman–Crippen LogP) is 0.788. The van der Waals surface area contributed by atoms with E-state index in [0.29, 0.717) is 19.8 Å². The fourth-order valence-corrected chi connectivity index (χ4v) is 1.09. The maximum atomic E-state index is 5.48. The molecule has 0 radical (unpaired) electrons. The first-order valence-corrected chi connectivity index (χ1v) is 3.97. The molecule has 12 heavy (non-hydrogen) atoms. The van der Waals surface area contributed by atoms with Gasteiger partial charge >= 0.3 is 0 Å². The van der Waals surface area contributed by atoms with Gasteiger partial charge in [0.25, 0.3) is 0 Å². The molecule has 0 aliphatic carbocycles. The monoisotopic (exact) mass is 170 g/mol. The highest BCUT2D eigenvalue weighted by molar-refractivity contribution is 4.83. The topological polar surface area (TPSA) is 27.7 Å². The average Bonchev–Trinajstić information content (AvgIpc) is 2.31. The van der Waals surface area contributed by atoms with Gasteiger partial charge in [-0.3, -0.25) is 0 Å². The van der Waals surface area contributed by atoms with Crippen molar-refractivity contribution in [3.63, 3.8) is 0 Å². The lowest BCUT2D eigenvalue weighted by Crippen LogP contribution is -2.24. The summed E-state index contributed by atoms with van der Waals surface area (Å²) >= 11 is 0. The van der Waals surface area contributed by atoms with E-state index < -0.39 is 5.79 Å². The standard InChI is InChI=1S/C9H14O3/c1-4-5-10-6-8-7-11-9(2,3)12-8/h1,8H,5-7H2,2-3H3/t8-/m1/s1. The van der Waals surface area contributed by atoms with E-state index in [4.69, 9.17) is 20.6 Å². The second kappa shape index (κ2) is 3.90. The Bertz CT molecular complexity index is 181. The SMILES string of the molecule is C#CCOC[C@@H]1COC(C)(C)O1. The number of hydrogen-bond donors (Lipinski definition) is 0. The molecule has 3 heteroatoms. The fourth-order valence-electron chi connectivity index (χ4n) is 1.09. The zero-order valence-electron chi connectivity index (χ0n) is 7.50. The fraction of sp³-hybridized carbons (Fsp3) is 0.778. The highest BCUT2D eigenvalue weighted by Crippen LogP contribution is 2.22. The lowest BCUT2D eigenvalue weighted by atomic mass is 10.4. The van der Waals surface area contributed by atoms with Gasteiger partial charge in [0.15, 0.2) is 5.79 Å². The van der Waals surface area contributed by atoms with Gasteiger partial charge in [0.1, 0.15) is 12.7 Å². The Balaban J connectivity index is 2.16. The van der Waals surface area contributed by atoms with E-state index in [1.807, 2.05) is 13.8 Å². The molecule has 0 N–H and O–H groups in total. The van der Waals surface area contributed by atoms with Crippen molar-refractivity contribution >= 4 is 0 Å². The Kier molecular flexibility index (Phi) is 3.10. The molecular formula is C9H14O3. The molecule has 0 aromatic rings. The van der Waals surface area contributed by atoms with Crippen molar-refractivity contribution in [3.8, 4) is 12.3 Å². The summed E-state index contributed by atoms with van der Waals surface area (Å²) in [4.78, 5) is 0. The number of terminal acetylenes is 1. The summed E-state index contributed by atoms with van der Waals surface area (Å²) in [6, 6.07) is 0. The highest BCUT2D eigenvalue weighted by atomic mass is 16.7. The number of hydrogen-bond acceptors (Lipinski definition) is 3. The van der Waals surface area contributed by atoms with Crippen LogP contribution in [0.2, 0.25) is 0 Å². The average molecular weight is 170 g/mol. The lowest BCUT2D eigenvalue weighted by molar-refractivity contribution is -0.144. The molecule has 3 nitrogen and oxygen atoms in total. The van der Waals surface area contributed by atoms with Gasteiger partial charge in [-0.15, -0.1) is 6.42 Å². The molecule has 0 spiro atoms. The van der Waals surface area contributed by atoms with Gasteiger partial charge in [0.2, 0.25) is 0 Å². The molecule has 1 heterocycles. The van der Waals surface area contributed by atoms with Crippen LogP contribution in [-0.2, 0) is 14.2 Å². The molecule has 0 saturated carbocycles. The van der Waals surface area contributed by atoms with Crippen LogP contribution in [0.25, 0.3) is 0 Å². The van der Waals surface area contributed by atoms with Crippen LogP contribution in [0.15, 0.2) is 0 Å². The van der Waals surface area contributed by atoms with E-state index in [9.17, 15) is 0 Å². The van der Waals surface area contributed by atoms with E-state index >= 15 is 0 Å². The molecule has 0 aromatic carbocycles. The zero-order chi connectivity index (χ0) is 9.03. The van der Waals surface area contributed by atoms with Crippen LogP contribution in [0, 0.1) is 12.3 Å². The van der Waals surface area contributed by atoms with Crippen molar-refractivity contribution in [2.45, 2.75) is 25.7 Å². The highest BCUT2D eigenvalue weighted by Gasteiger charge is 2.32. The van der Waals surface area contributed by atoms with Gasteiger partial charge in [0.05, 0.1) is 13.2 Å². The molecule has 1 saturated heterocycles. The molecule has 1 fully saturated rings. The molecule has 68 valence electrons. The second-order valence-electron chi connectivity index (χ2n) is 3.17. The van der Waals surface area contributed by atoms with Gasteiger partial charge in [-0.05, 0) is 13.8 Å². The maximum absolute atomic E-state index is 5.48. The van der Waals surface area contributed by atoms with Crippen molar-refractivity contribution in [2.75, 3.05) is 19.8 Å². The van der Waals surface area contributed by atoms with E-state index in [2.05, 4.69) is 5.92 Å². The minimum absolute atomic E-state index is 0.0216. The summed E-state index contributed by atoms with van der Waals surface area (Å²) in [5.74, 6) is 1.93. The Hall–Kier alpha value is -0.560. The Morgan fingerprint density at radius 2 is 2.42 bits per heavy atom. The first-order chi connectivity index (χ1) is 5.64. The van der Waals surface area contributed by atoms with E-state index in [0.717, 1.165) is 0 Å². The van der Waals surface area contributed by atoms with Gasteiger partial charge < -0.3 is 14.2 Å². The Morgan fingerprint density at radius 1 is 1.67 bits per heavy atom. The van der Waals surface area contributed by atoms with E-state index in [1.165, 1.54) is 0 Å². The molecule has 0 aromatic heterocycles. The molecule has 1 atom stereocenters. The number of rotatable bonds is 3. The van der Waals surface area contributed by atoms with Crippen LogP contribution in [0.4, 0.5) is 0 Å². The summed E-state index contributed by atoms with van der Waals surface area (Å²) in [7, 11) is 0. The largest absolute Gasteiger partial charge is 0.366 e. The van der Waals surface area contributed by atoms with E-state index in [1.54, 1.807) is 0 Å². The van der Waals surface area contributed by atoms with Crippen molar-refractivity contribution in [1.82, 2.24) is 0 Å².